The zero-order valence-corrected chi connectivity index (χ0v) is 17.8. The van der Waals surface area contributed by atoms with Crippen molar-refractivity contribution < 1.29 is 4.79 Å². The van der Waals surface area contributed by atoms with Crippen LogP contribution in [0, 0.1) is 0 Å². The third kappa shape index (κ3) is 4.99. The standard InChI is InChI=1S/C22H32N6O2/c1-2-25-12-14-26(15-13-25)16-18-7-9-19(10-8-18)23-21(29)17-28-22(30)27-11-5-3-4-6-20(27)24-28/h7-10H,2-6,11-17H2,1H3,(H,23,29). The number of fused-ring (bicyclic) bond motifs is 1. The average molecular weight is 413 g/mol. The summed E-state index contributed by atoms with van der Waals surface area (Å²) in [5.41, 5.74) is 1.81. The summed E-state index contributed by atoms with van der Waals surface area (Å²) in [6, 6.07) is 7.99. The Hall–Kier alpha value is -2.45. The molecule has 1 aromatic heterocycles. The first-order chi connectivity index (χ1) is 14.6. The van der Waals surface area contributed by atoms with Crippen LogP contribution in [0.15, 0.2) is 29.1 Å². The van der Waals surface area contributed by atoms with Crippen LogP contribution in [0.1, 0.15) is 37.6 Å². The van der Waals surface area contributed by atoms with Crippen molar-refractivity contribution in [2.24, 2.45) is 0 Å². The van der Waals surface area contributed by atoms with E-state index in [2.05, 4.69) is 39.3 Å². The van der Waals surface area contributed by atoms with Crippen LogP contribution in [0.25, 0.3) is 0 Å². The molecule has 0 saturated carbocycles. The van der Waals surface area contributed by atoms with Crippen LogP contribution >= 0.6 is 0 Å². The first-order valence-electron chi connectivity index (χ1n) is 11.1. The Balaban J connectivity index is 1.30. The average Bonchev–Trinajstić information content (AvgIpc) is 2.92. The molecule has 1 fully saturated rings. The highest BCUT2D eigenvalue weighted by Gasteiger charge is 2.18. The lowest BCUT2D eigenvalue weighted by atomic mass is 10.1. The van der Waals surface area contributed by atoms with Crippen LogP contribution in [0.4, 0.5) is 5.69 Å². The number of carbonyl (C=O) groups is 1. The maximum atomic E-state index is 12.5. The number of hydrogen-bond acceptors (Lipinski definition) is 5. The van der Waals surface area contributed by atoms with E-state index < -0.39 is 0 Å². The van der Waals surface area contributed by atoms with Crippen molar-refractivity contribution in [3.63, 3.8) is 0 Å². The molecule has 2 aliphatic heterocycles. The van der Waals surface area contributed by atoms with Crippen molar-refractivity contribution in [2.45, 2.75) is 52.2 Å². The predicted molar refractivity (Wildman–Crippen MR) is 117 cm³/mol. The Kier molecular flexibility index (Phi) is 6.64. The Bertz CT molecular complexity index is 909. The molecule has 0 bridgehead atoms. The second-order valence-electron chi connectivity index (χ2n) is 8.27. The molecule has 2 aliphatic rings. The van der Waals surface area contributed by atoms with Gasteiger partial charge in [0.15, 0.2) is 0 Å². The van der Waals surface area contributed by atoms with Crippen molar-refractivity contribution in [3.8, 4) is 0 Å². The van der Waals surface area contributed by atoms with E-state index in [1.54, 1.807) is 4.57 Å². The molecule has 0 aliphatic carbocycles. The normalized spacial score (nSPS) is 18.0. The Labute approximate surface area is 177 Å². The minimum atomic E-state index is -0.228. The van der Waals surface area contributed by atoms with Crippen molar-refractivity contribution in [1.82, 2.24) is 24.1 Å². The molecule has 162 valence electrons. The van der Waals surface area contributed by atoms with Crippen LogP contribution in [-0.2, 0) is 30.8 Å². The van der Waals surface area contributed by atoms with Gasteiger partial charge in [-0.25, -0.2) is 9.48 Å². The molecule has 8 heteroatoms. The van der Waals surface area contributed by atoms with Crippen LogP contribution in [0.3, 0.4) is 0 Å². The highest BCUT2D eigenvalue weighted by atomic mass is 16.2. The molecular weight excluding hydrogens is 380 g/mol. The Morgan fingerprint density at radius 1 is 1.00 bits per heavy atom. The first-order valence-corrected chi connectivity index (χ1v) is 11.1. The highest BCUT2D eigenvalue weighted by molar-refractivity contribution is 5.90. The number of hydrogen-bond donors (Lipinski definition) is 1. The first kappa shape index (κ1) is 20.8. The van der Waals surface area contributed by atoms with Gasteiger partial charge < -0.3 is 10.2 Å². The van der Waals surface area contributed by atoms with Gasteiger partial charge in [-0.1, -0.05) is 25.5 Å². The molecule has 3 heterocycles. The molecule has 0 unspecified atom stereocenters. The van der Waals surface area contributed by atoms with E-state index in [9.17, 15) is 9.59 Å². The number of piperazine rings is 1. The summed E-state index contributed by atoms with van der Waals surface area (Å²) in [5.74, 6) is 0.572. The summed E-state index contributed by atoms with van der Waals surface area (Å²) in [4.78, 5) is 29.9. The highest BCUT2D eigenvalue weighted by Crippen LogP contribution is 2.14. The fourth-order valence-electron chi connectivity index (χ4n) is 4.28. The van der Waals surface area contributed by atoms with Gasteiger partial charge in [-0.05, 0) is 37.1 Å². The van der Waals surface area contributed by atoms with Gasteiger partial charge in [0.25, 0.3) is 0 Å². The van der Waals surface area contributed by atoms with Gasteiger partial charge in [0.2, 0.25) is 5.91 Å². The second kappa shape index (κ2) is 9.57. The molecule has 30 heavy (non-hydrogen) atoms. The van der Waals surface area contributed by atoms with E-state index in [1.807, 2.05) is 12.1 Å². The molecule has 1 aromatic carbocycles. The fraction of sp³-hybridized carbons (Fsp3) is 0.591. The lowest BCUT2D eigenvalue weighted by molar-refractivity contribution is -0.117. The Morgan fingerprint density at radius 3 is 2.47 bits per heavy atom. The van der Waals surface area contributed by atoms with Crippen molar-refractivity contribution in [1.29, 1.82) is 0 Å². The van der Waals surface area contributed by atoms with Crippen molar-refractivity contribution >= 4 is 11.6 Å². The number of aromatic nitrogens is 3. The number of rotatable bonds is 6. The zero-order valence-electron chi connectivity index (χ0n) is 17.8. The predicted octanol–water partition coefficient (Wildman–Crippen LogP) is 1.55. The second-order valence-corrected chi connectivity index (χ2v) is 8.27. The van der Waals surface area contributed by atoms with E-state index in [-0.39, 0.29) is 18.1 Å². The van der Waals surface area contributed by atoms with E-state index in [0.29, 0.717) is 6.54 Å². The number of likely N-dealkylation sites (N-methyl/N-ethyl adjacent to an activating group) is 1. The largest absolute Gasteiger partial charge is 0.346 e. The summed E-state index contributed by atoms with van der Waals surface area (Å²) >= 11 is 0. The minimum absolute atomic E-state index is 0.0533. The minimum Gasteiger partial charge on any atom is -0.324 e. The van der Waals surface area contributed by atoms with Gasteiger partial charge in [-0.3, -0.25) is 14.3 Å². The zero-order chi connectivity index (χ0) is 20.9. The lowest BCUT2D eigenvalue weighted by Gasteiger charge is -2.34. The van der Waals surface area contributed by atoms with E-state index in [0.717, 1.165) is 76.5 Å². The van der Waals surface area contributed by atoms with Gasteiger partial charge in [0, 0.05) is 51.4 Å². The van der Waals surface area contributed by atoms with Crippen molar-refractivity contribution in [2.75, 3.05) is 38.0 Å². The maximum absolute atomic E-state index is 12.5. The van der Waals surface area contributed by atoms with E-state index in [1.165, 1.54) is 10.2 Å². The molecule has 1 saturated heterocycles. The molecule has 1 amide bonds. The lowest BCUT2D eigenvalue weighted by Crippen LogP contribution is -2.45. The SMILES string of the molecule is CCN1CCN(Cc2ccc(NC(=O)Cn3nc4n(c3=O)CCCCC4)cc2)CC1. The topological polar surface area (TPSA) is 75.4 Å². The molecule has 0 spiro atoms. The van der Waals surface area contributed by atoms with Gasteiger partial charge >= 0.3 is 5.69 Å². The van der Waals surface area contributed by atoms with E-state index >= 15 is 0 Å². The van der Waals surface area contributed by atoms with Crippen LogP contribution in [0.2, 0.25) is 0 Å². The molecule has 1 N–H and O–H groups in total. The van der Waals surface area contributed by atoms with Crippen LogP contribution < -0.4 is 11.0 Å². The van der Waals surface area contributed by atoms with Gasteiger partial charge in [-0.15, -0.1) is 0 Å². The third-order valence-corrected chi connectivity index (χ3v) is 6.13. The smallest absolute Gasteiger partial charge is 0.324 e. The number of amides is 1. The van der Waals surface area contributed by atoms with Gasteiger partial charge in [0.1, 0.15) is 12.4 Å². The summed E-state index contributed by atoms with van der Waals surface area (Å²) < 4.78 is 3.01. The number of aryl methyl sites for hydroxylation is 1. The van der Waals surface area contributed by atoms with Crippen LogP contribution in [-0.4, -0.2) is 62.8 Å². The molecule has 0 atom stereocenters. The number of anilines is 1. The number of nitrogens with zero attached hydrogens (tertiary/aromatic N) is 5. The number of nitrogens with one attached hydrogen (secondary N) is 1. The quantitative estimate of drug-likeness (QED) is 0.779. The summed E-state index contributed by atoms with van der Waals surface area (Å²) in [7, 11) is 0. The summed E-state index contributed by atoms with van der Waals surface area (Å²) in [6.07, 6.45) is 3.96. The third-order valence-electron chi connectivity index (χ3n) is 6.13. The van der Waals surface area contributed by atoms with E-state index in [4.69, 9.17) is 0 Å². The maximum Gasteiger partial charge on any atom is 0.346 e. The fourth-order valence-corrected chi connectivity index (χ4v) is 4.28. The molecule has 2 aromatic rings. The van der Waals surface area contributed by atoms with Crippen LogP contribution in [0.5, 0.6) is 0 Å². The Morgan fingerprint density at radius 2 is 1.73 bits per heavy atom. The summed E-state index contributed by atoms with van der Waals surface area (Å²) in [6.45, 7) is 9.35. The monoisotopic (exact) mass is 412 g/mol. The molecule has 4 rings (SSSR count). The molecular formula is C22H32N6O2. The summed E-state index contributed by atoms with van der Waals surface area (Å²) in [5, 5.41) is 7.27. The molecule has 8 nitrogen and oxygen atoms in total. The molecule has 0 radical (unpaired) electrons. The van der Waals surface area contributed by atoms with Gasteiger partial charge in [0.05, 0.1) is 0 Å². The van der Waals surface area contributed by atoms with Crippen molar-refractivity contribution in [3.05, 3.63) is 46.1 Å². The number of benzene rings is 1. The number of carbonyl (C=O) groups excluding carboxylic acids is 1. The van der Waals surface area contributed by atoms with Gasteiger partial charge in [-0.2, -0.15) is 5.10 Å².